The summed E-state index contributed by atoms with van der Waals surface area (Å²) in [7, 11) is 0. The number of hydrogen-bond donors (Lipinski definition) is 2. The van der Waals surface area contributed by atoms with Crippen molar-refractivity contribution >= 4 is 23.0 Å². The van der Waals surface area contributed by atoms with E-state index in [0.717, 1.165) is 28.6 Å². The number of rotatable bonds is 4. The van der Waals surface area contributed by atoms with Gasteiger partial charge < -0.3 is 29.6 Å². The van der Waals surface area contributed by atoms with Gasteiger partial charge in [0.15, 0.2) is 23.0 Å². The second-order valence-electron chi connectivity index (χ2n) is 6.36. The van der Waals surface area contributed by atoms with E-state index in [0.29, 0.717) is 36.4 Å². The molecule has 0 aliphatic carbocycles. The third kappa shape index (κ3) is 3.32. The van der Waals surface area contributed by atoms with E-state index in [9.17, 15) is 0 Å². The van der Waals surface area contributed by atoms with E-state index in [4.69, 9.17) is 18.9 Å². The number of ether oxygens (including phenoxy) is 4. The third-order valence-electron chi connectivity index (χ3n) is 4.30. The number of nitrogens with one attached hydrogen (secondary N) is 2. The second kappa shape index (κ2) is 6.80. The highest BCUT2D eigenvalue weighted by atomic mass is 16.7. The van der Waals surface area contributed by atoms with E-state index in [1.54, 1.807) is 0 Å². The van der Waals surface area contributed by atoms with Gasteiger partial charge in [0.05, 0.1) is 0 Å². The first-order chi connectivity index (χ1) is 13.7. The van der Waals surface area contributed by atoms with Gasteiger partial charge in [0.25, 0.3) is 0 Å². The van der Waals surface area contributed by atoms with Crippen LogP contribution in [0, 0.1) is 6.92 Å². The van der Waals surface area contributed by atoms with Crippen LogP contribution in [0.4, 0.5) is 23.0 Å². The number of nitrogens with zero attached hydrogens (tertiary/aromatic N) is 2. The molecule has 28 heavy (non-hydrogen) atoms. The second-order valence-corrected chi connectivity index (χ2v) is 6.36. The van der Waals surface area contributed by atoms with Crippen LogP contribution in [-0.2, 0) is 0 Å². The van der Waals surface area contributed by atoms with Crippen LogP contribution < -0.4 is 29.6 Å². The average molecular weight is 378 g/mol. The summed E-state index contributed by atoms with van der Waals surface area (Å²) in [4.78, 5) is 8.92. The zero-order valence-corrected chi connectivity index (χ0v) is 15.2. The van der Waals surface area contributed by atoms with Gasteiger partial charge in [-0.15, -0.1) is 0 Å². The molecule has 2 aliphatic heterocycles. The van der Waals surface area contributed by atoms with Gasteiger partial charge in [-0.3, -0.25) is 0 Å². The molecule has 0 spiro atoms. The number of benzene rings is 2. The summed E-state index contributed by atoms with van der Waals surface area (Å²) in [6.07, 6.45) is 0. The number of aromatic nitrogens is 2. The first-order valence-electron chi connectivity index (χ1n) is 8.92. The lowest BCUT2D eigenvalue weighted by molar-refractivity contribution is 0.171. The lowest BCUT2D eigenvalue weighted by atomic mass is 10.2. The smallest absolute Gasteiger partial charge is 0.231 e. The molecule has 0 fully saturated rings. The van der Waals surface area contributed by atoms with E-state index < -0.39 is 0 Å². The molecule has 1 aromatic heterocycles. The Hall–Kier alpha value is -3.68. The Morgan fingerprint density at radius 2 is 1.21 bits per heavy atom. The average Bonchev–Trinajstić information content (AvgIpc) is 3.15. The highest BCUT2D eigenvalue weighted by Gasteiger charge is 2.14. The van der Waals surface area contributed by atoms with Crippen molar-refractivity contribution in [3.05, 3.63) is 48.3 Å². The Morgan fingerprint density at radius 3 is 1.89 bits per heavy atom. The van der Waals surface area contributed by atoms with Crippen molar-refractivity contribution in [1.29, 1.82) is 0 Å². The van der Waals surface area contributed by atoms with Crippen molar-refractivity contribution in [2.24, 2.45) is 0 Å². The lowest BCUT2D eigenvalue weighted by Crippen LogP contribution is -2.15. The number of fused-ring (bicyclic) bond motifs is 2. The molecule has 0 bridgehead atoms. The predicted molar refractivity (Wildman–Crippen MR) is 103 cm³/mol. The van der Waals surface area contributed by atoms with Gasteiger partial charge in [0.1, 0.15) is 30.7 Å². The number of anilines is 4. The summed E-state index contributed by atoms with van der Waals surface area (Å²) in [6.45, 7) is 3.21. The van der Waals surface area contributed by atoms with Crippen LogP contribution in [0.15, 0.2) is 42.5 Å². The number of hydrogen-bond acceptors (Lipinski definition) is 8. The van der Waals surface area contributed by atoms with Crippen molar-refractivity contribution in [1.82, 2.24) is 9.97 Å². The van der Waals surface area contributed by atoms with Gasteiger partial charge in [0.2, 0.25) is 6.79 Å². The maximum atomic E-state index is 5.63. The molecule has 8 nitrogen and oxygen atoms in total. The fourth-order valence-electron chi connectivity index (χ4n) is 3.09. The van der Waals surface area contributed by atoms with Gasteiger partial charge in [0, 0.05) is 29.6 Å². The highest BCUT2D eigenvalue weighted by molar-refractivity contribution is 5.67. The quantitative estimate of drug-likeness (QED) is 0.709. The fraction of sp³-hybridized carbons (Fsp3) is 0.200. The van der Waals surface area contributed by atoms with Crippen molar-refractivity contribution in [3.8, 4) is 23.0 Å². The van der Waals surface area contributed by atoms with Gasteiger partial charge >= 0.3 is 0 Å². The summed E-state index contributed by atoms with van der Waals surface area (Å²) in [5.74, 6) is 4.92. The summed E-state index contributed by atoms with van der Waals surface area (Å²) in [6, 6.07) is 13.2. The maximum Gasteiger partial charge on any atom is 0.231 e. The SMILES string of the molecule is Cc1nc(Nc2ccc3c(c2)OCCO3)cc(Nc2ccc3c(c2)OCO3)n1. The first-order valence-corrected chi connectivity index (χ1v) is 8.92. The Kier molecular flexibility index (Phi) is 4.01. The minimum atomic E-state index is 0.245. The molecule has 0 saturated carbocycles. The van der Waals surface area contributed by atoms with Crippen LogP contribution in [0.2, 0.25) is 0 Å². The predicted octanol–water partition coefficient (Wildman–Crippen LogP) is 3.77. The molecular weight excluding hydrogens is 360 g/mol. The van der Waals surface area contributed by atoms with E-state index in [2.05, 4.69) is 20.6 Å². The van der Waals surface area contributed by atoms with Crippen LogP contribution in [0.3, 0.4) is 0 Å². The largest absolute Gasteiger partial charge is 0.486 e. The number of aryl methyl sites for hydroxylation is 1. The molecule has 2 aliphatic rings. The van der Waals surface area contributed by atoms with E-state index in [-0.39, 0.29) is 6.79 Å². The van der Waals surface area contributed by atoms with Crippen LogP contribution in [-0.4, -0.2) is 30.0 Å². The maximum absolute atomic E-state index is 5.63. The molecule has 2 aromatic carbocycles. The molecule has 142 valence electrons. The highest BCUT2D eigenvalue weighted by Crippen LogP contribution is 2.36. The molecule has 8 heteroatoms. The van der Waals surface area contributed by atoms with Crippen LogP contribution >= 0.6 is 0 Å². The Bertz CT molecular complexity index is 1040. The zero-order chi connectivity index (χ0) is 18.9. The summed E-state index contributed by atoms with van der Waals surface area (Å²) >= 11 is 0. The molecule has 2 N–H and O–H groups in total. The topological polar surface area (TPSA) is 86.8 Å². The molecule has 5 rings (SSSR count). The molecule has 0 amide bonds. The van der Waals surface area contributed by atoms with Crippen molar-refractivity contribution in [2.75, 3.05) is 30.6 Å². The van der Waals surface area contributed by atoms with Crippen molar-refractivity contribution in [3.63, 3.8) is 0 Å². The summed E-state index contributed by atoms with van der Waals surface area (Å²) < 4.78 is 22.0. The Labute approximate surface area is 161 Å². The molecule has 3 aromatic rings. The Balaban J connectivity index is 1.37. The standard InChI is InChI=1S/C20H18N4O4/c1-12-21-19(23-13-2-4-15-17(8-13)26-7-6-25-15)10-20(22-12)24-14-3-5-16-18(9-14)28-11-27-16/h2-5,8-10H,6-7,11H2,1H3,(H2,21,22,23,24). The van der Waals surface area contributed by atoms with E-state index in [1.807, 2.05) is 49.4 Å². The lowest BCUT2D eigenvalue weighted by Gasteiger charge is -2.19. The van der Waals surface area contributed by atoms with Crippen LogP contribution in [0.25, 0.3) is 0 Å². The molecule has 0 unspecified atom stereocenters. The van der Waals surface area contributed by atoms with E-state index >= 15 is 0 Å². The van der Waals surface area contributed by atoms with Crippen molar-refractivity contribution in [2.45, 2.75) is 6.92 Å². The minimum absolute atomic E-state index is 0.245. The molecule has 3 heterocycles. The zero-order valence-electron chi connectivity index (χ0n) is 15.2. The molecular formula is C20H18N4O4. The summed E-state index contributed by atoms with van der Waals surface area (Å²) in [5.41, 5.74) is 1.71. The van der Waals surface area contributed by atoms with Gasteiger partial charge in [-0.05, 0) is 31.2 Å². The van der Waals surface area contributed by atoms with Gasteiger partial charge in [-0.2, -0.15) is 0 Å². The molecule has 0 atom stereocenters. The molecule has 0 saturated heterocycles. The van der Waals surface area contributed by atoms with Gasteiger partial charge in [-0.25, -0.2) is 9.97 Å². The van der Waals surface area contributed by atoms with Crippen LogP contribution in [0.1, 0.15) is 5.82 Å². The van der Waals surface area contributed by atoms with Crippen molar-refractivity contribution < 1.29 is 18.9 Å². The first kappa shape index (κ1) is 16.5. The van der Waals surface area contributed by atoms with E-state index in [1.165, 1.54) is 0 Å². The fourth-order valence-corrected chi connectivity index (χ4v) is 3.09. The minimum Gasteiger partial charge on any atom is -0.486 e. The van der Waals surface area contributed by atoms with Crippen LogP contribution in [0.5, 0.6) is 23.0 Å². The monoisotopic (exact) mass is 378 g/mol. The van der Waals surface area contributed by atoms with Gasteiger partial charge in [-0.1, -0.05) is 0 Å². The normalized spacial score (nSPS) is 13.9. The summed E-state index contributed by atoms with van der Waals surface area (Å²) in [5, 5.41) is 6.57. The molecule has 0 radical (unpaired) electrons. The Morgan fingerprint density at radius 1 is 0.679 bits per heavy atom. The third-order valence-corrected chi connectivity index (χ3v) is 4.30.